The van der Waals surface area contributed by atoms with Gasteiger partial charge in [0.2, 0.25) is 20.0 Å². The molecule has 0 atom stereocenters. The number of rotatable bonds is 4. The van der Waals surface area contributed by atoms with Crippen molar-refractivity contribution in [1.29, 1.82) is 0 Å². The molecule has 0 radical (unpaired) electrons. The summed E-state index contributed by atoms with van der Waals surface area (Å²) in [5.41, 5.74) is 2.21. The summed E-state index contributed by atoms with van der Waals surface area (Å²) in [5, 5.41) is 0. The largest absolute Gasteiger partial charge is 0.369 e. The molecule has 0 unspecified atom stereocenters. The van der Waals surface area contributed by atoms with E-state index in [0.717, 1.165) is 12.1 Å². The van der Waals surface area contributed by atoms with Gasteiger partial charge >= 0.3 is 0 Å². The first-order chi connectivity index (χ1) is 14.3. The fourth-order valence-corrected chi connectivity index (χ4v) is 7.38. The van der Waals surface area contributed by atoms with Gasteiger partial charge in [-0.1, -0.05) is 18.2 Å². The fraction of sp³-hybridized carbons (Fsp3) is 0.429. The quantitative estimate of drug-likeness (QED) is 0.717. The summed E-state index contributed by atoms with van der Waals surface area (Å²) in [5.74, 6) is 0.137. The zero-order chi connectivity index (χ0) is 21.4. The second-order valence-electron chi connectivity index (χ2n) is 7.77. The predicted molar refractivity (Wildman–Crippen MR) is 119 cm³/mol. The molecule has 2 aromatic rings. The molecule has 162 valence electrons. The molecule has 2 aromatic carbocycles. The average Bonchev–Trinajstić information content (AvgIpc) is 2.74. The Balaban J connectivity index is 1.52. The van der Waals surface area contributed by atoms with Crippen molar-refractivity contribution >= 4 is 31.4 Å². The van der Waals surface area contributed by atoms with Crippen molar-refractivity contribution in [1.82, 2.24) is 4.31 Å². The predicted octanol–water partition coefficient (Wildman–Crippen LogP) is 2.44. The van der Waals surface area contributed by atoms with Crippen molar-refractivity contribution in [3.8, 4) is 0 Å². The van der Waals surface area contributed by atoms with Crippen LogP contribution in [0.5, 0.6) is 0 Å². The van der Waals surface area contributed by atoms with Crippen LogP contribution < -0.4 is 9.21 Å². The van der Waals surface area contributed by atoms with E-state index in [4.69, 9.17) is 0 Å². The average molecular weight is 450 g/mol. The Hall–Kier alpha value is -2.10. The van der Waals surface area contributed by atoms with Crippen molar-refractivity contribution in [3.63, 3.8) is 0 Å². The first-order valence-corrected chi connectivity index (χ1v) is 13.3. The lowest BCUT2D eigenvalue weighted by Crippen LogP contribution is -2.48. The van der Waals surface area contributed by atoms with E-state index in [9.17, 15) is 16.8 Å². The Morgan fingerprint density at radius 1 is 0.833 bits per heavy atom. The topological polar surface area (TPSA) is 78.0 Å². The molecule has 2 saturated heterocycles. The Bertz CT molecular complexity index is 1110. The lowest BCUT2D eigenvalue weighted by atomic mass is 10.2. The summed E-state index contributed by atoms with van der Waals surface area (Å²) < 4.78 is 54.1. The van der Waals surface area contributed by atoms with E-state index in [2.05, 4.69) is 4.90 Å². The Labute approximate surface area is 179 Å². The molecule has 0 N–H and O–H groups in total. The lowest BCUT2D eigenvalue weighted by molar-refractivity contribution is 0.384. The van der Waals surface area contributed by atoms with Gasteiger partial charge in [0.15, 0.2) is 0 Å². The van der Waals surface area contributed by atoms with Gasteiger partial charge in [-0.25, -0.2) is 16.8 Å². The number of piperazine rings is 1. The number of nitrogens with zero attached hydrogens (tertiary/aromatic N) is 3. The molecule has 2 aliphatic rings. The van der Waals surface area contributed by atoms with Crippen molar-refractivity contribution in [2.75, 3.05) is 47.7 Å². The highest BCUT2D eigenvalue weighted by molar-refractivity contribution is 7.92. The van der Waals surface area contributed by atoms with Gasteiger partial charge in [0, 0.05) is 38.4 Å². The van der Waals surface area contributed by atoms with E-state index < -0.39 is 20.0 Å². The summed E-state index contributed by atoms with van der Waals surface area (Å²) in [4.78, 5) is 2.43. The van der Waals surface area contributed by atoms with Gasteiger partial charge in [-0.05, 0) is 55.7 Å². The Kier molecular flexibility index (Phi) is 5.78. The first kappa shape index (κ1) is 21.1. The van der Waals surface area contributed by atoms with Gasteiger partial charge < -0.3 is 4.90 Å². The van der Waals surface area contributed by atoms with Crippen molar-refractivity contribution in [3.05, 3.63) is 54.1 Å². The summed E-state index contributed by atoms with van der Waals surface area (Å²) >= 11 is 0. The molecule has 2 heterocycles. The van der Waals surface area contributed by atoms with Gasteiger partial charge in [0.1, 0.15) is 0 Å². The number of benzene rings is 2. The summed E-state index contributed by atoms with van der Waals surface area (Å²) in [7, 11) is -6.96. The van der Waals surface area contributed by atoms with E-state index in [-0.39, 0.29) is 10.6 Å². The van der Waals surface area contributed by atoms with E-state index in [0.29, 0.717) is 50.4 Å². The van der Waals surface area contributed by atoms with Crippen LogP contribution in [0.3, 0.4) is 0 Å². The molecular formula is C21H27N3O4S2. The first-order valence-electron chi connectivity index (χ1n) is 10.2. The smallest absolute Gasteiger partial charge is 0.243 e. The van der Waals surface area contributed by atoms with Crippen LogP contribution in [0.1, 0.15) is 18.4 Å². The number of para-hydroxylation sites is 1. The SMILES string of the molecule is Cc1cc(N2CCCCS2(=O)=O)ccc1S(=O)(=O)N1CCN(c2ccccc2)CC1. The summed E-state index contributed by atoms with van der Waals surface area (Å²) in [6.45, 7) is 4.26. The van der Waals surface area contributed by atoms with Crippen LogP contribution in [0, 0.1) is 6.92 Å². The second kappa shape index (κ2) is 8.20. The standard InChI is InChI=1S/C21H27N3O4S2/c1-18-17-20(24-11-5-6-16-29(24,25)26)9-10-21(18)30(27,28)23-14-12-22(13-15-23)19-7-3-2-4-8-19/h2-4,7-10,17H,5-6,11-16H2,1H3. The molecule has 2 fully saturated rings. The molecule has 0 spiro atoms. The zero-order valence-corrected chi connectivity index (χ0v) is 18.7. The number of anilines is 2. The minimum atomic E-state index is -3.64. The second-order valence-corrected chi connectivity index (χ2v) is 11.7. The van der Waals surface area contributed by atoms with Crippen molar-refractivity contribution in [2.45, 2.75) is 24.7 Å². The van der Waals surface area contributed by atoms with Crippen molar-refractivity contribution in [2.24, 2.45) is 0 Å². The van der Waals surface area contributed by atoms with Crippen LogP contribution in [0.4, 0.5) is 11.4 Å². The fourth-order valence-electron chi connectivity index (χ4n) is 4.12. The maximum absolute atomic E-state index is 13.2. The molecule has 30 heavy (non-hydrogen) atoms. The van der Waals surface area contributed by atoms with Crippen LogP contribution in [-0.2, 0) is 20.0 Å². The van der Waals surface area contributed by atoms with Crippen molar-refractivity contribution < 1.29 is 16.8 Å². The molecule has 7 nitrogen and oxygen atoms in total. The molecule has 0 aromatic heterocycles. The monoisotopic (exact) mass is 449 g/mol. The number of hydrogen-bond donors (Lipinski definition) is 0. The van der Waals surface area contributed by atoms with Crippen LogP contribution in [-0.4, -0.2) is 59.6 Å². The van der Waals surface area contributed by atoms with E-state index in [1.807, 2.05) is 30.3 Å². The summed E-state index contributed by atoms with van der Waals surface area (Å²) in [6.07, 6.45) is 1.48. The minimum Gasteiger partial charge on any atom is -0.369 e. The highest BCUT2D eigenvalue weighted by Crippen LogP contribution is 2.29. The zero-order valence-electron chi connectivity index (χ0n) is 17.1. The molecule has 0 aliphatic carbocycles. The van der Waals surface area contributed by atoms with Gasteiger partial charge in [0.25, 0.3) is 0 Å². The molecule has 9 heteroatoms. The molecule has 0 saturated carbocycles. The van der Waals surface area contributed by atoms with Gasteiger partial charge in [-0.2, -0.15) is 4.31 Å². The highest BCUT2D eigenvalue weighted by atomic mass is 32.2. The molecular weight excluding hydrogens is 422 g/mol. The third-order valence-electron chi connectivity index (χ3n) is 5.77. The van der Waals surface area contributed by atoms with E-state index in [1.165, 1.54) is 8.61 Å². The van der Waals surface area contributed by atoms with E-state index in [1.54, 1.807) is 25.1 Å². The third kappa shape index (κ3) is 4.06. The van der Waals surface area contributed by atoms with Crippen LogP contribution in [0.2, 0.25) is 0 Å². The normalized spacial score (nSPS) is 20.3. The maximum Gasteiger partial charge on any atom is 0.243 e. The van der Waals surface area contributed by atoms with Gasteiger partial charge in [-0.3, -0.25) is 4.31 Å². The van der Waals surface area contributed by atoms with Gasteiger partial charge in [0.05, 0.1) is 16.3 Å². The van der Waals surface area contributed by atoms with E-state index >= 15 is 0 Å². The Morgan fingerprint density at radius 2 is 1.53 bits per heavy atom. The number of sulfonamides is 2. The van der Waals surface area contributed by atoms with Crippen LogP contribution in [0.15, 0.2) is 53.4 Å². The van der Waals surface area contributed by atoms with Crippen LogP contribution in [0.25, 0.3) is 0 Å². The summed E-state index contributed by atoms with van der Waals surface area (Å²) in [6, 6.07) is 14.8. The Morgan fingerprint density at radius 3 is 2.17 bits per heavy atom. The molecule has 0 amide bonds. The maximum atomic E-state index is 13.2. The van der Waals surface area contributed by atoms with Crippen LogP contribution >= 0.6 is 0 Å². The molecule has 4 rings (SSSR count). The number of hydrogen-bond acceptors (Lipinski definition) is 5. The van der Waals surface area contributed by atoms with Gasteiger partial charge in [-0.15, -0.1) is 0 Å². The number of aryl methyl sites for hydroxylation is 1. The highest BCUT2D eigenvalue weighted by Gasteiger charge is 2.31. The minimum absolute atomic E-state index is 0.137. The molecule has 0 bridgehead atoms. The molecule has 2 aliphatic heterocycles. The third-order valence-corrected chi connectivity index (χ3v) is 9.70. The lowest BCUT2D eigenvalue weighted by Gasteiger charge is -2.35.